The van der Waals surface area contributed by atoms with Gasteiger partial charge in [-0.05, 0) is 18.4 Å². The molecule has 0 rings (SSSR count). The van der Waals surface area contributed by atoms with Crippen molar-refractivity contribution < 1.29 is 8.42 Å². The van der Waals surface area contributed by atoms with E-state index < -0.39 is 9.84 Å². The summed E-state index contributed by atoms with van der Waals surface area (Å²) >= 11 is 3.53. The van der Waals surface area contributed by atoms with E-state index in [-0.39, 0.29) is 11.2 Å². The number of nitrogens with zero attached hydrogens (tertiary/aromatic N) is 1. The maximum Gasteiger partial charge on any atom is 0.148 e. The first-order chi connectivity index (χ1) is 7.06. The Morgan fingerprint density at radius 3 is 2.12 bits per heavy atom. The van der Waals surface area contributed by atoms with Crippen LogP contribution < -0.4 is 0 Å². The molecule has 0 aliphatic heterocycles. The number of hydrogen-bond acceptors (Lipinski definition) is 3. The normalized spacial score (nSPS) is 15.4. The van der Waals surface area contributed by atoms with Crippen molar-refractivity contribution in [3.63, 3.8) is 0 Å². The van der Waals surface area contributed by atoms with Gasteiger partial charge in [-0.2, -0.15) is 0 Å². The lowest BCUT2D eigenvalue weighted by molar-refractivity contribution is 0.193. The van der Waals surface area contributed by atoms with Crippen molar-refractivity contribution >= 4 is 25.8 Å². The van der Waals surface area contributed by atoms with Crippen LogP contribution in [0.5, 0.6) is 0 Å². The molecule has 0 aromatic carbocycles. The van der Waals surface area contributed by atoms with Crippen LogP contribution >= 0.6 is 15.9 Å². The van der Waals surface area contributed by atoms with Crippen molar-refractivity contribution in [2.45, 2.75) is 20.8 Å². The second-order valence-electron chi connectivity index (χ2n) is 5.61. The van der Waals surface area contributed by atoms with Crippen molar-refractivity contribution in [2.24, 2.45) is 11.3 Å². The molecule has 0 bridgehead atoms. The van der Waals surface area contributed by atoms with Crippen LogP contribution in [-0.4, -0.2) is 50.8 Å². The number of rotatable bonds is 6. The molecule has 0 aromatic heterocycles. The van der Waals surface area contributed by atoms with Gasteiger partial charge >= 0.3 is 0 Å². The van der Waals surface area contributed by atoms with E-state index in [0.717, 1.165) is 11.9 Å². The molecule has 0 saturated carbocycles. The molecule has 0 spiro atoms. The molecule has 1 unspecified atom stereocenters. The monoisotopic (exact) mass is 313 g/mol. The zero-order valence-electron chi connectivity index (χ0n) is 11.0. The number of sulfone groups is 1. The van der Waals surface area contributed by atoms with Crippen LogP contribution in [0.2, 0.25) is 0 Å². The topological polar surface area (TPSA) is 37.4 Å². The van der Waals surface area contributed by atoms with E-state index in [0.29, 0.717) is 12.5 Å². The lowest BCUT2D eigenvalue weighted by Gasteiger charge is -2.32. The highest BCUT2D eigenvalue weighted by Crippen LogP contribution is 2.27. The lowest BCUT2D eigenvalue weighted by Crippen LogP contribution is -2.36. The molecular weight excluding hydrogens is 290 g/mol. The summed E-state index contributed by atoms with van der Waals surface area (Å²) in [5.41, 5.74) is 0.239. The van der Waals surface area contributed by atoms with Crippen LogP contribution in [0.4, 0.5) is 0 Å². The third kappa shape index (κ3) is 7.63. The Hall–Kier alpha value is 0.390. The van der Waals surface area contributed by atoms with E-state index in [4.69, 9.17) is 0 Å². The van der Waals surface area contributed by atoms with E-state index in [1.165, 1.54) is 6.26 Å². The van der Waals surface area contributed by atoms with Crippen molar-refractivity contribution in [2.75, 3.05) is 37.5 Å². The minimum Gasteiger partial charge on any atom is -0.305 e. The molecule has 98 valence electrons. The summed E-state index contributed by atoms with van der Waals surface area (Å²) in [6, 6.07) is 0. The third-order valence-electron chi connectivity index (χ3n) is 2.79. The summed E-state index contributed by atoms with van der Waals surface area (Å²) in [7, 11) is -0.872. The minimum atomic E-state index is -2.85. The van der Waals surface area contributed by atoms with Gasteiger partial charge in [-0.1, -0.05) is 36.7 Å². The Morgan fingerprint density at radius 1 is 1.31 bits per heavy atom. The van der Waals surface area contributed by atoms with Gasteiger partial charge in [0.25, 0.3) is 0 Å². The van der Waals surface area contributed by atoms with Gasteiger partial charge in [0.2, 0.25) is 0 Å². The Kier molecular flexibility index (Phi) is 6.51. The van der Waals surface area contributed by atoms with Crippen molar-refractivity contribution in [1.82, 2.24) is 4.90 Å². The molecule has 0 amide bonds. The van der Waals surface area contributed by atoms with E-state index in [2.05, 4.69) is 41.6 Å². The molecule has 0 aliphatic rings. The van der Waals surface area contributed by atoms with Crippen LogP contribution in [0.3, 0.4) is 0 Å². The summed E-state index contributed by atoms with van der Waals surface area (Å²) in [5.74, 6) is 0.764. The SMILES string of the molecule is CN(CCS(C)(=O)=O)CC(CBr)C(C)(C)C. The molecule has 0 aromatic rings. The summed E-state index contributed by atoms with van der Waals surface area (Å²) in [6.45, 7) is 8.17. The summed E-state index contributed by atoms with van der Waals surface area (Å²) in [4.78, 5) is 2.10. The molecular formula is C11H24BrNO2S. The van der Waals surface area contributed by atoms with Gasteiger partial charge in [0, 0.05) is 24.7 Å². The fourth-order valence-electron chi connectivity index (χ4n) is 1.34. The fourth-order valence-corrected chi connectivity index (χ4v) is 3.16. The van der Waals surface area contributed by atoms with E-state index in [9.17, 15) is 8.42 Å². The second-order valence-corrected chi connectivity index (χ2v) is 8.52. The standard InChI is InChI=1S/C11H24BrNO2S/c1-11(2,3)10(8-12)9-13(4)6-7-16(5,14)15/h10H,6-9H2,1-5H3. The molecule has 0 heterocycles. The summed E-state index contributed by atoms with van der Waals surface area (Å²) < 4.78 is 22.1. The highest BCUT2D eigenvalue weighted by molar-refractivity contribution is 9.09. The highest BCUT2D eigenvalue weighted by atomic mass is 79.9. The van der Waals surface area contributed by atoms with Gasteiger partial charge in [0.15, 0.2) is 0 Å². The average Bonchev–Trinajstić information content (AvgIpc) is 2.07. The van der Waals surface area contributed by atoms with Crippen molar-refractivity contribution in [3.8, 4) is 0 Å². The molecule has 16 heavy (non-hydrogen) atoms. The van der Waals surface area contributed by atoms with E-state index in [1.807, 2.05) is 7.05 Å². The Labute approximate surface area is 109 Å². The van der Waals surface area contributed by atoms with Crippen molar-refractivity contribution in [1.29, 1.82) is 0 Å². The average molecular weight is 314 g/mol. The van der Waals surface area contributed by atoms with Gasteiger partial charge in [-0.3, -0.25) is 0 Å². The molecule has 0 radical (unpaired) electrons. The van der Waals surface area contributed by atoms with Gasteiger partial charge in [-0.25, -0.2) is 8.42 Å². The molecule has 0 N–H and O–H groups in total. The molecule has 5 heteroatoms. The first-order valence-corrected chi connectivity index (χ1v) is 8.66. The first-order valence-electron chi connectivity index (χ1n) is 5.48. The van der Waals surface area contributed by atoms with Gasteiger partial charge < -0.3 is 4.90 Å². The minimum absolute atomic E-state index is 0.239. The zero-order valence-corrected chi connectivity index (χ0v) is 13.4. The Balaban J connectivity index is 4.17. The maximum absolute atomic E-state index is 11.1. The largest absolute Gasteiger partial charge is 0.305 e. The van der Waals surface area contributed by atoms with E-state index >= 15 is 0 Å². The summed E-state index contributed by atoms with van der Waals surface area (Å²) in [6.07, 6.45) is 1.28. The first kappa shape index (κ1) is 16.4. The highest BCUT2D eigenvalue weighted by Gasteiger charge is 2.24. The number of halogens is 1. The molecule has 0 saturated heterocycles. The fraction of sp³-hybridized carbons (Fsp3) is 1.00. The van der Waals surface area contributed by atoms with E-state index in [1.54, 1.807) is 0 Å². The summed E-state index contributed by atoms with van der Waals surface area (Å²) in [5, 5.41) is 0.944. The zero-order chi connectivity index (χ0) is 13.0. The lowest BCUT2D eigenvalue weighted by atomic mass is 9.82. The Bertz CT molecular complexity index is 296. The van der Waals surface area contributed by atoms with Crippen LogP contribution in [0.25, 0.3) is 0 Å². The maximum atomic E-state index is 11.1. The quantitative estimate of drug-likeness (QED) is 0.704. The second kappa shape index (κ2) is 6.36. The number of alkyl halides is 1. The molecule has 0 fully saturated rings. The van der Waals surface area contributed by atoms with Gasteiger partial charge in [0.05, 0.1) is 5.75 Å². The van der Waals surface area contributed by atoms with Crippen LogP contribution in [-0.2, 0) is 9.84 Å². The molecule has 3 nitrogen and oxygen atoms in total. The van der Waals surface area contributed by atoms with Gasteiger partial charge in [0.1, 0.15) is 9.84 Å². The van der Waals surface area contributed by atoms with Crippen LogP contribution in [0.15, 0.2) is 0 Å². The predicted molar refractivity (Wildman–Crippen MR) is 73.9 cm³/mol. The molecule has 0 aliphatic carbocycles. The van der Waals surface area contributed by atoms with Crippen LogP contribution in [0, 0.1) is 11.3 Å². The third-order valence-corrected chi connectivity index (χ3v) is 4.49. The van der Waals surface area contributed by atoms with Crippen molar-refractivity contribution in [3.05, 3.63) is 0 Å². The van der Waals surface area contributed by atoms with Crippen LogP contribution in [0.1, 0.15) is 20.8 Å². The smallest absolute Gasteiger partial charge is 0.148 e. The van der Waals surface area contributed by atoms with Gasteiger partial charge in [-0.15, -0.1) is 0 Å². The Morgan fingerprint density at radius 2 is 1.81 bits per heavy atom. The number of hydrogen-bond donors (Lipinski definition) is 0. The molecule has 1 atom stereocenters. The predicted octanol–water partition coefficient (Wildman–Crippen LogP) is 2.02.